The molecule has 0 unspecified atom stereocenters. The average Bonchev–Trinajstić information content (AvgIpc) is 2.75. The van der Waals surface area contributed by atoms with E-state index < -0.39 is 16.3 Å². The molecule has 0 radical (unpaired) electrons. The van der Waals surface area contributed by atoms with Gasteiger partial charge >= 0.3 is 16.3 Å². The molecule has 0 saturated carbocycles. The monoisotopic (exact) mass is 466 g/mol. The van der Waals surface area contributed by atoms with Crippen LogP contribution in [0.5, 0.6) is 11.5 Å². The number of nitrogens with zero attached hydrogens (tertiary/aromatic N) is 2. The van der Waals surface area contributed by atoms with Gasteiger partial charge < -0.3 is 19.5 Å². The number of carboxylic acid groups (broad SMARTS) is 1. The van der Waals surface area contributed by atoms with Gasteiger partial charge in [-0.05, 0) is 36.3 Å². The number of methoxy groups -OCH3 is 2. The fourth-order valence-electron chi connectivity index (χ4n) is 4.21. The lowest BCUT2D eigenvalue weighted by molar-refractivity contribution is 0.178. The van der Waals surface area contributed by atoms with Gasteiger partial charge in [0.15, 0.2) is 11.5 Å². The minimum atomic E-state index is -4.08. The molecule has 11 heteroatoms. The molecule has 1 amide bonds. The molecule has 3 rings (SSSR count). The van der Waals surface area contributed by atoms with E-state index in [2.05, 4.69) is 14.6 Å². The van der Waals surface area contributed by atoms with E-state index >= 15 is 0 Å². The van der Waals surface area contributed by atoms with Crippen molar-refractivity contribution in [2.75, 3.05) is 38.8 Å². The first-order valence-electron chi connectivity index (χ1n) is 10.3. The number of hydrogen-bond donors (Lipinski definition) is 3. The van der Waals surface area contributed by atoms with Crippen molar-refractivity contribution in [2.45, 2.75) is 26.7 Å². The summed E-state index contributed by atoms with van der Waals surface area (Å²) in [6.07, 6.45) is 1.92. The van der Waals surface area contributed by atoms with E-state index in [1.165, 1.54) is 4.72 Å². The number of hydrogen-bond acceptors (Lipinski definition) is 7. The van der Waals surface area contributed by atoms with Crippen molar-refractivity contribution in [3.05, 3.63) is 24.4 Å². The molecule has 0 bridgehead atoms. The molecule has 32 heavy (non-hydrogen) atoms. The summed E-state index contributed by atoms with van der Waals surface area (Å²) in [5.41, 5.74) is 1.55. The van der Waals surface area contributed by atoms with E-state index in [4.69, 9.17) is 14.6 Å². The first-order valence-corrected chi connectivity index (χ1v) is 11.8. The van der Waals surface area contributed by atoms with Crippen molar-refractivity contribution >= 4 is 32.9 Å². The number of ether oxygens (including phenoxy) is 2. The van der Waals surface area contributed by atoms with E-state index in [0.29, 0.717) is 11.5 Å². The molecule has 1 aromatic carbocycles. The normalized spacial score (nSPS) is 15.6. The Morgan fingerprint density at radius 2 is 1.84 bits per heavy atom. The largest absolute Gasteiger partial charge is 0.493 e. The van der Waals surface area contributed by atoms with Gasteiger partial charge in [-0.1, -0.05) is 13.8 Å². The van der Waals surface area contributed by atoms with E-state index in [1.54, 1.807) is 20.4 Å². The Bertz CT molecular complexity index is 1080. The maximum atomic E-state index is 11.8. The Balaban J connectivity index is 1.71. The minimum Gasteiger partial charge on any atom is -0.493 e. The number of fused-ring (bicyclic) bond motifs is 1. The van der Waals surface area contributed by atoms with E-state index in [0.717, 1.165) is 42.5 Å². The van der Waals surface area contributed by atoms with Crippen LogP contribution in [-0.4, -0.2) is 58.5 Å². The van der Waals surface area contributed by atoms with Gasteiger partial charge in [0.25, 0.3) is 0 Å². The minimum absolute atomic E-state index is 0.148. The molecule has 1 aliphatic rings. The molecule has 1 saturated heterocycles. The van der Waals surface area contributed by atoms with Gasteiger partial charge in [-0.2, -0.15) is 13.1 Å². The number of carbonyl (C=O) groups is 1. The first kappa shape index (κ1) is 23.9. The zero-order valence-electron chi connectivity index (χ0n) is 18.7. The lowest BCUT2D eigenvalue weighted by atomic mass is 9.73. The number of piperidine rings is 1. The van der Waals surface area contributed by atoms with Crippen LogP contribution in [0.2, 0.25) is 0 Å². The Labute approximate surface area is 188 Å². The molecule has 2 heterocycles. The van der Waals surface area contributed by atoms with Crippen LogP contribution in [0.3, 0.4) is 0 Å². The molecular formula is C21H30N4O6S. The summed E-state index contributed by atoms with van der Waals surface area (Å²) in [5.74, 6) is 1.55. The number of pyridine rings is 1. The molecule has 0 spiro atoms. The summed E-state index contributed by atoms with van der Waals surface area (Å²) in [6, 6.07) is 5.80. The van der Waals surface area contributed by atoms with Crippen molar-refractivity contribution in [1.29, 1.82) is 0 Å². The summed E-state index contributed by atoms with van der Waals surface area (Å²) in [4.78, 5) is 17.4. The zero-order chi connectivity index (χ0) is 23.5. The summed E-state index contributed by atoms with van der Waals surface area (Å²) in [6.45, 7) is 5.75. The second kappa shape index (κ2) is 9.37. The lowest BCUT2D eigenvalue weighted by Crippen LogP contribution is -2.47. The van der Waals surface area contributed by atoms with Crippen LogP contribution in [0.15, 0.2) is 24.4 Å². The maximum Gasteiger partial charge on any atom is 0.419 e. The molecule has 10 nitrogen and oxygen atoms in total. The zero-order valence-corrected chi connectivity index (χ0v) is 19.5. The topological polar surface area (TPSA) is 130 Å². The molecule has 176 valence electrons. The second-order valence-corrected chi connectivity index (χ2v) is 10.0. The second-order valence-electron chi connectivity index (χ2n) is 8.54. The van der Waals surface area contributed by atoms with Crippen LogP contribution in [0.1, 0.15) is 26.7 Å². The van der Waals surface area contributed by atoms with E-state index in [1.807, 2.05) is 32.0 Å². The third-order valence-electron chi connectivity index (χ3n) is 6.10. The molecule has 1 aliphatic heterocycles. The van der Waals surface area contributed by atoms with Crippen molar-refractivity contribution in [1.82, 2.24) is 14.4 Å². The molecule has 1 aromatic heterocycles. The van der Waals surface area contributed by atoms with Gasteiger partial charge in [-0.15, -0.1) is 0 Å². The summed E-state index contributed by atoms with van der Waals surface area (Å²) in [5, 5.41) is 9.63. The molecular weight excluding hydrogens is 436 g/mol. The van der Waals surface area contributed by atoms with Gasteiger partial charge in [0, 0.05) is 43.0 Å². The molecule has 3 N–H and O–H groups in total. The summed E-state index contributed by atoms with van der Waals surface area (Å²) in [7, 11) is -0.882. The molecule has 1 fully saturated rings. The highest BCUT2D eigenvalue weighted by Gasteiger charge is 2.34. The van der Waals surface area contributed by atoms with Gasteiger partial charge in [0.2, 0.25) is 0 Å². The van der Waals surface area contributed by atoms with Crippen LogP contribution in [0.4, 0.5) is 10.5 Å². The fourth-order valence-corrected chi connectivity index (χ4v) is 5.08. The highest BCUT2D eigenvalue weighted by atomic mass is 32.2. The van der Waals surface area contributed by atoms with Crippen molar-refractivity contribution < 1.29 is 27.8 Å². The summed E-state index contributed by atoms with van der Waals surface area (Å²) >= 11 is 0. The highest BCUT2D eigenvalue weighted by Crippen LogP contribution is 2.39. The van der Waals surface area contributed by atoms with Gasteiger partial charge in [-0.3, -0.25) is 4.98 Å². The van der Waals surface area contributed by atoms with Crippen LogP contribution >= 0.6 is 0 Å². The number of rotatable bonds is 8. The third-order valence-corrected chi connectivity index (χ3v) is 7.07. The number of anilines is 1. The van der Waals surface area contributed by atoms with Crippen molar-refractivity contribution in [2.24, 2.45) is 11.3 Å². The fraction of sp³-hybridized carbons (Fsp3) is 0.524. The van der Waals surface area contributed by atoms with Crippen molar-refractivity contribution in [3.63, 3.8) is 0 Å². The Hall–Kier alpha value is -2.79. The quantitative estimate of drug-likeness (QED) is 0.541. The molecule has 2 aromatic rings. The first-order chi connectivity index (χ1) is 15.1. The molecule has 0 atom stereocenters. The highest BCUT2D eigenvalue weighted by molar-refractivity contribution is 7.88. The Kier molecular flexibility index (Phi) is 6.99. The van der Waals surface area contributed by atoms with Crippen LogP contribution in [0, 0.1) is 11.3 Å². The van der Waals surface area contributed by atoms with E-state index in [-0.39, 0.29) is 17.9 Å². The third kappa shape index (κ3) is 5.33. The number of aromatic nitrogens is 1. The molecule has 0 aliphatic carbocycles. The standard InChI is InChI=1S/C21H30N4O6S/c1-21(2,13-23-32(28,29)24-20(26)27)14-6-9-25(10-7-14)17-5-8-22-16-12-19(31-4)18(30-3)11-15(16)17/h5,8,11-12,14,23-24H,6-7,9-10,13H2,1-4H3,(H,26,27). The van der Waals surface area contributed by atoms with Gasteiger partial charge in [0.05, 0.1) is 19.7 Å². The lowest BCUT2D eigenvalue weighted by Gasteiger charge is -2.41. The Morgan fingerprint density at radius 3 is 2.44 bits per heavy atom. The van der Waals surface area contributed by atoms with Gasteiger partial charge in [-0.25, -0.2) is 9.52 Å². The van der Waals surface area contributed by atoms with Gasteiger partial charge in [0.1, 0.15) is 0 Å². The SMILES string of the molecule is COc1cc2nccc(N3CCC(C(C)(C)CNS(=O)(=O)NC(=O)O)CC3)c2cc1OC. The predicted octanol–water partition coefficient (Wildman–Crippen LogP) is 2.60. The number of nitrogens with one attached hydrogen (secondary N) is 2. The number of amides is 1. The van der Waals surface area contributed by atoms with Crippen LogP contribution < -0.4 is 23.8 Å². The predicted molar refractivity (Wildman–Crippen MR) is 122 cm³/mol. The smallest absolute Gasteiger partial charge is 0.419 e. The summed E-state index contributed by atoms with van der Waals surface area (Å²) < 4.78 is 38.3. The number of benzene rings is 1. The van der Waals surface area contributed by atoms with Crippen molar-refractivity contribution in [3.8, 4) is 11.5 Å². The van der Waals surface area contributed by atoms with Crippen LogP contribution in [-0.2, 0) is 10.2 Å². The average molecular weight is 467 g/mol. The van der Waals surface area contributed by atoms with Crippen LogP contribution in [0.25, 0.3) is 10.9 Å². The van der Waals surface area contributed by atoms with E-state index in [9.17, 15) is 13.2 Å². The Morgan fingerprint density at radius 1 is 1.22 bits per heavy atom. The maximum absolute atomic E-state index is 11.8.